The highest BCUT2D eigenvalue weighted by atomic mass is 19.2. The number of fused-ring (bicyclic) bond motifs is 2. The molecule has 2 aliphatic heterocycles. The molecule has 0 amide bonds. The Morgan fingerprint density at radius 2 is 1.39 bits per heavy atom. The maximum absolute atomic E-state index is 13.8. The van der Waals surface area contributed by atoms with Crippen LogP contribution in [0, 0.1) is 29.1 Å². The minimum atomic E-state index is -2.19. The first-order chi connectivity index (χ1) is 10.7. The summed E-state index contributed by atoms with van der Waals surface area (Å²) in [6, 6.07) is -0.317. The Balaban J connectivity index is 1.93. The molecule has 0 radical (unpaired) electrons. The summed E-state index contributed by atoms with van der Waals surface area (Å²) in [4.78, 5) is 2.01. The summed E-state index contributed by atoms with van der Waals surface area (Å²) in [5.41, 5.74) is -2.50. The van der Waals surface area contributed by atoms with Gasteiger partial charge in [0.1, 0.15) is 0 Å². The highest BCUT2D eigenvalue weighted by Crippen LogP contribution is 2.37. The number of morpholine rings is 1. The lowest BCUT2D eigenvalue weighted by Gasteiger charge is -2.50. The van der Waals surface area contributed by atoms with Gasteiger partial charge in [0.2, 0.25) is 5.82 Å². The summed E-state index contributed by atoms with van der Waals surface area (Å²) in [5, 5.41) is 10.7. The molecule has 0 spiro atoms. The van der Waals surface area contributed by atoms with Crippen LogP contribution in [0.4, 0.5) is 22.0 Å². The van der Waals surface area contributed by atoms with E-state index in [0.29, 0.717) is 13.2 Å². The van der Waals surface area contributed by atoms with Gasteiger partial charge in [-0.05, 0) is 19.9 Å². The third kappa shape index (κ3) is 2.72. The molecule has 2 heterocycles. The van der Waals surface area contributed by atoms with Crippen molar-refractivity contribution in [3.05, 3.63) is 34.6 Å². The van der Waals surface area contributed by atoms with Crippen molar-refractivity contribution in [2.75, 3.05) is 20.3 Å². The van der Waals surface area contributed by atoms with Crippen LogP contribution < -0.4 is 0 Å². The van der Waals surface area contributed by atoms with Crippen molar-refractivity contribution in [2.24, 2.45) is 0 Å². The molecular weight excluding hydrogens is 321 g/mol. The Morgan fingerprint density at radius 3 is 1.87 bits per heavy atom. The molecule has 2 saturated heterocycles. The number of ether oxygens (including phenoxy) is 1. The maximum Gasteiger partial charge on any atom is 0.200 e. The number of likely N-dealkylation sites (N-methyl/N-ethyl adjacent to an activating group) is 1. The zero-order valence-corrected chi connectivity index (χ0v) is 12.4. The van der Waals surface area contributed by atoms with E-state index in [0.717, 1.165) is 0 Å². The Morgan fingerprint density at radius 1 is 0.957 bits per heavy atom. The standard InChI is InChI=1S/C15H16F5NO2/c1-21-7-2-15(22,3-8(21)6-23-5-7)4-9-10(16)12(18)14(20)13(19)11(9)17/h7-8,22H,2-6H2,1H3. The second-order valence-electron chi connectivity index (χ2n) is 6.37. The molecule has 1 N–H and O–H groups in total. The predicted octanol–water partition coefficient (Wildman–Crippen LogP) is 2.15. The van der Waals surface area contributed by atoms with E-state index in [4.69, 9.17) is 4.74 Å². The first-order valence-electron chi connectivity index (χ1n) is 7.26. The van der Waals surface area contributed by atoms with Crippen molar-refractivity contribution in [2.45, 2.75) is 36.9 Å². The van der Waals surface area contributed by atoms with E-state index < -0.39 is 46.7 Å². The van der Waals surface area contributed by atoms with Crippen LogP contribution in [0.25, 0.3) is 0 Å². The van der Waals surface area contributed by atoms with E-state index in [-0.39, 0.29) is 24.9 Å². The predicted molar refractivity (Wildman–Crippen MR) is 70.3 cm³/mol. The number of rotatable bonds is 2. The zero-order valence-electron chi connectivity index (χ0n) is 12.4. The second kappa shape index (κ2) is 5.68. The summed E-state index contributed by atoms with van der Waals surface area (Å²) in [6.45, 7) is 0.707. The van der Waals surface area contributed by atoms with E-state index in [1.165, 1.54) is 0 Å². The number of aliphatic hydroxyl groups is 1. The summed E-state index contributed by atoms with van der Waals surface area (Å²) in [6.07, 6.45) is -0.349. The van der Waals surface area contributed by atoms with Crippen LogP contribution >= 0.6 is 0 Å². The lowest BCUT2D eigenvalue weighted by Crippen LogP contribution is -2.60. The molecule has 2 fully saturated rings. The fourth-order valence-corrected chi connectivity index (χ4v) is 3.52. The minimum Gasteiger partial charge on any atom is -0.389 e. The Labute approximate surface area is 129 Å². The average molecular weight is 337 g/mol. The van der Waals surface area contributed by atoms with Gasteiger partial charge in [-0.15, -0.1) is 0 Å². The molecule has 128 valence electrons. The monoisotopic (exact) mass is 337 g/mol. The van der Waals surface area contributed by atoms with Crippen LogP contribution in [0.2, 0.25) is 0 Å². The van der Waals surface area contributed by atoms with E-state index in [1.54, 1.807) is 0 Å². The molecule has 0 aliphatic carbocycles. The second-order valence-corrected chi connectivity index (χ2v) is 6.37. The summed E-state index contributed by atoms with van der Waals surface area (Å²) in [7, 11) is 1.86. The molecule has 1 aromatic rings. The molecule has 1 aromatic carbocycles. The lowest BCUT2D eigenvalue weighted by molar-refractivity contribution is -0.134. The maximum atomic E-state index is 13.8. The first kappa shape index (κ1) is 16.6. The average Bonchev–Trinajstić information content (AvgIpc) is 2.50. The quantitative estimate of drug-likeness (QED) is 0.510. The van der Waals surface area contributed by atoms with E-state index in [1.807, 2.05) is 11.9 Å². The molecule has 2 atom stereocenters. The van der Waals surface area contributed by atoms with Gasteiger partial charge in [0, 0.05) is 24.1 Å². The van der Waals surface area contributed by atoms with Gasteiger partial charge in [-0.1, -0.05) is 0 Å². The number of benzene rings is 1. The van der Waals surface area contributed by atoms with Crippen LogP contribution in [0.1, 0.15) is 18.4 Å². The van der Waals surface area contributed by atoms with Gasteiger partial charge in [0.15, 0.2) is 23.3 Å². The number of piperidine rings is 1. The molecule has 0 aromatic heterocycles. The van der Waals surface area contributed by atoms with Gasteiger partial charge in [-0.2, -0.15) is 0 Å². The highest BCUT2D eigenvalue weighted by molar-refractivity contribution is 5.26. The van der Waals surface area contributed by atoms with Gasteiger partial charge in [-0.25, -0.2) is 22.0 Å². The molecule has 2 bridgehead atoms. The van der Waals surface area contributed by atoms with Crippen molar-refractivity contribution >= 4 is 0 Å². The normalized spacial score (nSPS) is 31.4. The molecular formula is C15H16F5NO2. The van der Waals surface area contributed by atoms with Gasteiger partial charge in [0.05, 0.1) is 18.8 Å². The third-order valence-electron chi connectivity index (χ3n) is 4.81. The molecule has 3 rings (SSSR count). The third-order valence-corrected chi connectivity index (χ3v) is 4.81. The number of nitrogens with zero attached hydrogens (tertiary/aromatic N) is 1. The summed E-state index contributed by atoms with van der Waals surface area (Å²) >= 11 is 0. The van der Waals surface area contributed by atoms with Crippen molar-refractivity contribution in [3.8, 4) is 0 Å². The number of hydrogen-bond donors (Lipinski definition) is 1. The fourth-order valence-electron chi connectivity index (χ4n) is 3.52. The van der Waals surface area contributed by atoms with Crippen LogP contribution in [0.3, 0.4) is 0 Å². The van der Waals surface area contributed by atoms with Crippen LogP contribution in [-0.2, 0) is 11.2 Å². The van der Waals surface area contributed by atoms with Crippen LogP contribution in [0.15, 0.2) is 0 Å². The fraction of sp³-hybridized carbons (Fsp3) is 0.600. The van der Waals surface area contributed by atoms with Gasteiger partial charge >= 0.3 is 0 Å². The molecule has 2 unspecified atom stereocenters. The van der Waals surface area contributed by atoms with Crippen molar-refractivity contribution < 1.29 is 31.8 Å². The topological polar surface area (TPSA) is 32.7 Å². The van der Waals surface area contributed by atoms with E-state index in [2.05, 4.69) is 0 Å². The van der Waals surface area contributed by atoms with Gasteiger partial charge < -0.3 is 9.84 Å². The molecule has 3 nitrogen and oxygen atoms in total. The van der Waals surface area contributed by atoms with Crippen molar-refractivity contribution in [1.82, 2.24) is 4.90 Å². The van der Waals surface area contributed by atoms with Crippen LogP contribution in [0.5, 0.6) is 0 Å². The molecule has 8 heteroatoms. The molecule has 2 aliphatic rings. The van der Waals surface area contributed by atoms with Gasteiger partial charge in [0.25, 0.3) is 0 Å². The summed E-state index contributed by atoms with van der Waals surface area (Å²) < 4.78 is 72.7. The Bertz CT molecular complexity index is 596. The van der Waals surface area contributed by atoms with E-state index >= 15 is 0 Å². The minimum absolute atomic E-state index is 0.138. The number of halogens is 5. The van der Waals surface area contributed by atoms with Gasteiger partial charge in [-0.3, -0.25) is 4.90 Å². The lowest BCUT2D eigenvalue weighted by atomic mass is 9.77. The smallest absolute Gasteiger partial charge is 0.200 e. The first-order valence-corrected chi connectivity index (χ1v) is 7.26. The highest BCUT2D eigenvalue weighted by Gasteiger charge is 2.45. The Kier molecular flexibility index (Phi) is 4.10. The van der Waals surface area contributed by atoms with Crippen LogP contribution in [-0.4, -0.2) is 48.0 Å². The molecule has 23 heavy (non-hydrogen) atoms. The largest absolute Gasteiger partial charge is 0.389 e. The Hall–Kier alpha value is -1.25. The van der Waals surface area contributed by atoms with Crippen molar-refractivity contribution in [1.29, 1.82) is 0 Å². The van der Waals surface area contributed by atoms with E-state index in [9.17, 15) is 27.1 Å². The summed E-state index contributed by atoms with van der Waals surface area (Å²) in [5.74, 6) is -9.92. The van der Waals surface area contributed by atoms with Crippen molar-refractivity contribution in [3.63, 3.8) is 0 Å². The SMILES string of the molecule is CN1C2COCC1CC(O)(Cc1c(F)c(F)c(F)c(F)c1F)C2. The molecule has 0 saturated carbocycles. The number of hydrogen-bond acceptors (Lipinski definition) is 3. The zero-order chi connectivity index (χ0) is 16.9.